The van der Waals surface area contributed by atoms with Crippen molar-refractivity contribution in [2.45, 2.75) is 161 Å². The van der Waals surface area contributed by atoms with Crippen molar-refractivity contribution in [2.75, 3.05) is 27.7 Å². The van der Waals surface area contributed by atoms with Crippen LogP contribution in [0.3, 0.4) is 0 Å². The first-order valence-electron chi connectivity index (χ1n) is 15.7. The molecule has 1 N–H and O–H groups in total. The Morgan fingerprint density at radius 2 is 1.03 bits per heavy atom. The quantitative estimate of drug-likeness (QED) is 0.0497. The Balaban J connectivity index is 3.44. The zero-order chi connectivity index (χ0) is 27.0. The average Bonchev–Trinajstić information content (AvgIpc) is 2.82. The molecule has 0 amide bonds. The Labute approximate surface area is 226 Å². The first kappa shape index (κ1) is 35.9. The number of nitrogens with zero attached hydrogens (tertiary/aromatic N) is 1. The first-order chi connectivity index (χ1) is 17.3. The van der Waals surface area contributed by atoms with Crippen LogP contribution in [0.2, 0.25) is 0 Å². The largest absolute Gasteiger partial charge is 0.385 e. The molecule has 2 atom stereocenters. The Morgan fingerprint density at radius 1 is 0.639 bits per heavy atom. The van der Waals surface area contributed by atoms with E-state index in [0.29, 0.717) is 17.5 Å². The van der Waals surface area contributed by atoms with Crippen molar-refractivity contribution in [3.63, 3.8) is 0 Å². The van der Waals surface area contributed by atoms with Gasteiger partial charge in [0.1, 0.15) is 0 Å². The maximum absolute atomic E-state index is 12.7. The highest BCUT2D eigenvalue weighted by Crippen LogP contribution is 2.51. The molecular formula is C31H65NO3P+. The Kier molecular flexibility index (Phi) is 23.8. The minimum absolute atomic E-state index is 0.335. The van der Waals surface area contributed by atoms with Crippen molar-refractivity contribution in [2.24, 2.45) is 0 Å². The van der Waals surface area contributed by atoms with Gasteiger partial charge < -0.3 is 13.9 Å². The maximum Gasteiger partial charge on any atom is 0.385 e. The lowest BCUT2D eigenvalue weighted by Gasteiger charge is -2.35. The number of allylic oxidation sites excluding steroid dienone is 2. The third-order valence-electron chi connectivity index (χ3n) is 7.25. The monoisotopic (exact) mass is 530 g/mol. The molecule has 0 aliphatic carbocycles. The van der Waals surface area contributed by atoms with Gasteiger partial charge in [-0.1, -0.05) is 122 Å². The molecule has 2 unspecified atom stereocenters. The molecule has 5 heteroatoms. The van der Waals surface area contributed by atoms with Crippen LogP contribution < -0.4 is 0 Å². The van der Waals surface area contributed by atoms with E-state index < -0.39 is 7.60 Å². The molecule has 0 saturated carbocycles. The van der Waals surface area contributed by atoms with Gasteiger partial charge in [-0.25, -0.2) is 0 Å². The third-order valence-corrected chi connectivity index (χ3v) is 9.51. The summed E-state index contributed by atoms with van der Waals surface area (Å²) in [6.07, 6.45) is 32.8. The van der Waals surface area contributed by atoms with Crippen molar-refractivity contribution < 1.29 is 18.5 Å². The molecule has 0 radical (unpaired) electrons. The van der Waals surface area contributed by atoms with Gasteiger partial charge in [0.2, 0.25) is 0 Å². The standard InChI is InChI=1S/C31H64NO3P/c1-6-8-9-10-11-12-13-14-15-16-17-18-19-20-21-22-23-24-25-26-27-28-30-35-36(33,34)31(29-7-2)32(3,4)5/h15-16,31H,6-14,17-30H2,1-5H3/p+1. The van der Waals surface area contributed by atoms with E-state index in [1.165, 1.54) is 116 Å². The minimum atomic E-state index is -3.57. The molecule has 0 fully saturated rings. The summed E-state index contributed by atoms with van der Waals surface area (Å²) in [7, 11) is 2.36. The molecule has 4 nitrogen and oxygen atoms in total. The number of rotatable bonds is 27. The molecule has 0 bridgehead atoms. The van der Waals surface area contributed by atoms with Crippen LogP contribution in [0.1, 0.15) is 155 Å². The maximum atomic E-state index is 12.7. The lowest BCUT2D eigenvalue weighted by atomic mass is 10.0. The van der Waals surface area contributed by atoms with Crippen LogP contribution in [0, 0.1) is 0 Å². The number of unbranched alkanes of at least 4 members (excludes halogenated alkanes) is 18. The molecule has 0 aliphatic rings. The third kappa shape index (κ3) is 21.9. The van der Waals surface area contributed by atoms with Crippen molar-refractivity contribution in [3.05, 3.63) is 12.2 Å². The van der Waals surface area contributed by atoms with Crippen molar-refractivity contribution >= 4 is 7.60 Å². The summed E-state index contributed by atoms with van der Waals surface area (Å²) < 4.78 is 18.7. The van der Waals surface area contributed by atoms with Crippen LogP contribution in [0.5, 0.6) is 0 Å². The van der Waals surface area contributed by atoms with Crippen molar-refractivity contribution in [1.82, 2.24) is 0 Å². The van der Waals surface area contributed by atoms with Crippen LogP contribution in [0.25, 0.3) is 0 Å². The van der Waals surface area contributed by atoms with Gasteiger partial charge in [-0.15, -0.1) is 0 Å². The second-order valence-electron chi connectivity index (χ2n) is 11.8. The van der Waals surface area contributed by atoms with Gasteiger partial charge >= 0.3 is 7.60 Å². The summed E-state index contributed by atoms with van der Waals surface area (Å²) in [5, 5.41) is 0. The summed E-state index contributed by atoms with van der Waals surface area (Å²) in [5.74, 6) is -0.335. The van der Waals surface area contributed by atoms with E-state index in [4.69, 9.17) is 4.52 Å². The van der Waals surface area contributed by atoms with Gasteiger partial charge in [0.25, 0.3) is 0 Å². The molecule has 0 saturated heterocycles. The van der Waals surface area contributed by atoms with Gasteiger partial charge in [-0.05, 0) is 38.5 Å². The molecule has 216 valence electrons. The highest BCUT2D eigenvalue weighted by atomic mass is 31.2. The van der Waals surface area contributed by atoms with Gasteiger partial charge in [-0.3, -0.25) is 4.57 Å². The molecule has 0 aromatic heterocycles. The Morgan fingerprint density at radius 3 is 1.42 bits per heavy atom. The lowest BCUT2D eigenvalue weighted by Crippen LogP contribution is -2.45. The van der Waals surface area contributed by atoms with Crippen LogP contribution in [-0.4, -0.2) is 42.9 Å². The molecule has 0 heterocycles. The fourth-order valence-corrected chi connectivity index (χ4v) is 6.96. The molecule has 36 heavy (non-hydrogen) atoms. The van der Waals surface area contributed by atoms with E-state index in [-0.39, 0.29) is 5.78 Å². The Bertz CT molecular complexity index is 544. The van der Waals surface area contributed by atoms with Crippen LogP contribution in [0.15, 0.2) is 12.2 Å². The highest BCUT2D eigenvalue weighted by molar-refractivity contribution is 7.53. The molecule has 0 aromatic carbocycles. The van der Waals surface area contributed by atoms with E-state index in [9.17, 15) is 9.46 Å². The van der Waals surface area contributed by atoms with Crippen LogP contribution in [-0.2, 0) is 9.09 Å². The summed E-state index contributed by atoms with van der Waals surface area (Å²) in [4.78, 5) is 10.4. The number of quaternary nitrogens is 1. The molecule has 0 aliphatic heterocycles. The molecular weight excluding hydrogens is 465 g/mol. The lowest BCUT2D eigenvalue weighted by molar-refractivity contribution is -0.883. The average molecular weight is 531 g/mol. The highest BCUT2D eigenvalue weighted by Gasteiger charge is 2.41. The number of hydrogen-bond acceptors (Lipinski definition) is 2. The summed E-state index contributed by atoms with van der Waals surface area (Å²) in [5.41, 5.74) is 0. The fraction of sp³-hybridized carbons (Fsp3) is 0.935. The van der Waals surface area contributed by atoms with Crippen LogP contribution in [0.4, 0.5) is 0 Å². The summed E-state index contributed by atoms with van der Waals surface area (Å²) in [6.45, 7) is 4.74. The predicted octanol–water partition coefficient (Wildman–Crippen LogP) is 10.4. The van der Waals surface area contributed by atoms with E-state index in [1.807, 2.05) is 21.1 Å². The second-order valence-corrected chi connectivity index (χ2v) is 13.8. The van der Waals surface area contributed by atoms with Crippen molar-refractivity contribution in [1.29, 1.82) is 0 Å². The van der Waals surface area contributed by atoms with E-state index in [2.05, 4.69) is 26.0 Å². The summed E-state index contributed by atoms with van der Waals surface area (Å²) >= 11 is 0. The zero-order valence-corrected chi connectivity index (χ0v) is 26.0. The normalized spacial score (nSPS) is 14.9. The van der Waals surface area contributed by atoms with Crippen molar-refractivity contribution in [3.8, 4) is 0 Å². The van der Waals surface area contributed by atoms with Crippen LogP contribution >= 0.6 is 7.60 Å². The van der Waals surface area contributed by atoms with E-state index >= 15 is 0 Å². The Hall–Kier alpha value is -0.150. The minimum Gasteiger partial charge on any atom is -0.320 e. The van der Waals surface area contributed by atoms with Gasteiger partial charge in [0, 0.05) is 6.42 Å². The van der Waals surface area contributed by atoms with E-state index in [1.54, 1.807) is 0 Å². The molecule has 0 spiro atoms. The van der Waals surface area contributed by atoms with Gasteiger partial charge in [0.05, 0.1) is 27.7 Å². The van der Waals surface area contributed by atoms with E-state index in [0.717, 1.165) is 19.3 Å². The number of hydrogen-bond donors (Lipinski definition) is 1. The zero-order valence-electron chi connectivity index (χ0n) is 25.2. The first-order valence-corrected chi connectivity index (χ1v) is 17.3. The predicted molar refractivity (Wildman–Crippen MR) is 160 cm³/mol. The smallest absolute Gasteiger partial charge is 0.320 e. The fourth-order valence-electron chi connectivity index (χ4n) is 4.94. The van der Waals surface area contributed by atoms with Gasteiger partial charge in [0.15, 0.2) is 5.78 Å². The molecule has 0 aromatic rings. The SMILES string of the molecule is CCCCCCCCCC=CCCCCCCCCCCCCCOP(=O)(O)C(CCC)[N+](C)(C)C. The molecule has 0 rings (SSSR count). The second kappa shape index (κ2) is 23.9. The topological polar surface area (TPSA) is 46.5 Å². The summed E-state index contributed by atoms with van der Waals surface area (Å²) in [6, 6.07) is 0. The van der Waals surface area contributed by atoms with Gasteiger partial charge in [-0.2, -0.15) is 0 Å².